The molecule has 0 unspecified atom stereocenters. The van der Waals surface area contributed by atoms with Gasteiger partial charge < -0.3 is 10.5 Å². The molecule has 0 saturated carbocycles. The number of benzene rings is 2. The molecule has 0 fully saturated rings. The third-order valence-electron chi connectivity index (χ3n) is 2.34. The minimum absolute atomic E-state index is 0.0285. The van der Waals surface area contributed by atoms with Crippen LogP contribution in [-0.4, -0.2) is 8.42 Å². The molecular weight excluding hydrogens is 351 g/mol. The summed E-state index contributed by atoms with van der Waals surface area (Å²) in [5.74, 6) is -0.423. The summed E-state index contributed by atoms with van der Waals surface area (Å²) >= 11 is 3.11. The van der Waals surface area contributed by atoms with E-state index in [-0.39, 0.29) is 22.1 Å². The summed E-state index contributed by atoms with van der Waals surface area (Å²) in [6, 6.07) is 7.85. The molecule has 0 aliphatic carbocycles. The Morgan fingerprint density at radius 1 is 1.15 bits per heavy atom. The van der Waals surface area contributed by atoms with E-state index in [9.17, 15) is 12.8 Å². The highest BCUT2D eigenvalue weighted by atomic mass is 79.9. The van der Waals surface area contributed by atoms with Crippen LogP contribution in [0.25, 0.3) is 0 Å². The van der Waals surface area contributed by atoms with Crippen molar-refractivity contribution in [3.63, 3.8) is 0 Å². The molecular formula is C12H10BrFN2O3S. The van der Waals surface area contributed by atoms with Gasteiger partial charge in [0.2, 0.25) is 10.0 Å². The second-order valence-electron chi connectivity index (χ2n) is 3.96. The summed E-state index contributed by atoms with van der Waals surface area (Å²) in [4.78, 5) is -0.266. The number of hydrogen-bond donors (Lipinski definition) is 2. The minimum atomic E-state index is -4.01. The number of sulfonamides is 1. The van der Waals surface area contributed by atoms with Crippen molar-refractivity contribution < 1.29 is 17.5 Å². The molecule has 0 radical (unpaired) electrons. The van der Waals surface area contributed by atoms with Crippen molar-refractivity contribution in [3.8, 4) is 11.5 Å². The van der Waals surface area contributed by atoms with Gasteiger partial charge in [0.15, 0.2) is 0 Å². The molecule has 0 aliphatic heterocycles. The Morgan fingerprint density at radius 3 is 2.45 bits per heavy atom. The van der Waals surface area contributed by atoms with Gasteiger partial charge in [-0.25, -0.2) is 17.9 Å². The number of anilines is 1. The molecule has 106 valence electrons. The Hall–Kier alpha value is -1.64. The van der Waals surface area contributed by atoms with Gasteiger partial charge in [-0.05, 0) is 30.3 Å². The van der Waals surface area contributed by atoms with Crippen LogP contribution in [0.15, 0.2) is 45.8 Å². The van der Waals surface area contributed by atoms with Crippen LogP contribution in [0.4, 0.5) is 10.1 Å². The molecule has 8 heteroatoms. The molecule has 2 aromatic rings. The van der Waals surface area contributed by atoms with Crippen molar-refractivity contribution in [1.29, 1.82) is 0 Å². The van der Waals surface area contributed by atoms with Gasteiger partial charge in [0.1, 0.15) is 22.2 Å². The molecule has 0 heterocycles. The van der Waals surface area contributed by atoms with Crippen LogP contribution in [0.5, 0.6) is 11.5 Å². The van der Waals surface area contributed by atoms with Crippen LogP contribution in [0.1, 0.15) is 0 Å². The number of hydrogen-bond acceptors (Lipinski definition) is 4. The van der Waals surface area contributed by atoms with Gasteiger partial charge in [-0.15, -0.1) is 0 Å². The van der Waals surface area contributed by atoms with Crippen LogP contribution in [-0.2, 0) is 10.0 Å². The Balaban J connectivity index is 2.48. The first kappa shape index (κ1) is 14.8. The monoisotopic (exact) mass is 360 g/mol. The normalized spacial score (nSPS) is 11.3. The molecule has 0 amide bonds. The number of ether oxygens (including phenoxy) is 1. The van der Waals surface area contributed by atoms with Crippen molar-refractivity contribution in [2.24, 2.45) is 5.14 Å². The first-order valence-corrected chi connectivity index (χ1v) is 7.66. The molecule has 4 N–H and O–H groups in total. The number of halogens is 2. The van der Waals surface area contributed by atoms with Gasteiger partial charge in [0, 0.05) is 16.2 Å². The van der Waals surface area contributed by atoms with E-state index in [0.29, 0.717) is 4.47 Å². The van der Waals surface area contributed by atoms with Crippen LogP contribution < -0.4 is 15.6 Å². The largest absolute Gasteiger partial charge is 0.456 e. The van der Waals surface area contributed by atoms with E-state index in [1.807, 2.05) is 0 Å². The fourth-order valence-electron chi connectivity index (χ4n) is 1.55. The zero-order valence-electron chi connectivity index (χ0n) is 10.0. The molecule has 0 spiro atoms. The van der Waals surface area contributed by atoms with Gasteiger partial charge in [0.05, 0.1) is 0 Å². The van der Waals surface area contributed by atoms with Gasteiger partial charge in [-0.2, -0.15) is 0 Å². The summed E-state index contributed by atoms with van der Waals surface area (Å²) in [6.45, 7) is 0. The zero-order chi connectivity index (χ0) is 14.9. The number of nitrogens with two attached hydrogens (primary N) is 2. The van der Waals surface area contributed by atoms with Crippen molar-refractivity contribution >= 4 is 31.6 Å². The Kier molecular flexibility index (Phi) is 3.98. The molecule has 2 rings (SSSR count). The number of primary sulfonamides is 1. The maximum Gasteiger partial charge on any atom is 0.241 e. The first-order chi connectivity index (χ1) is 9.25. The van der Waals surface area contributed by atoms with E-state index in [4.69, 9.17) is 15.6 Å². The fraction of sp³-hybridized carbons (Fsp3) is 0. The third-order valence-corrected chi connectivity index (χ3v) is 3.73. The van der Waals surface area contributed by atoms with Crippen molar-refractivity contribution in [2.45, 2.75) is 4.90 Å². The van der Waals surface area contributed by atoms with Gasteiger partial charge in [-0.3, -0.25) is 0 Å². The quantitative estimate of drug-likeness (QED) is 0.822. The molecule has 0 aliphatic rings. The lowest BCUT2D eigenvalue weighted by atomic mass is 10.3. The second-order valence-corrected chi connectivity index (χ2v) is 6.40. The van der Waals surface area contributed by atoms with Crippen LogP contribution >= 0.6 is 15.9 Å². The van der Waals surface area contributed by atoms with Crippen molar-refractivity contribution in [2.75, 3.05) is 5.73 Å². The minimum Gasteiger partial charge on any atom is -0.456 e. The average Bonchev–Trinajstić information content (AvgIpc) is 2.28. The van der Waals surface area contributed by atoms with Gasteiger partial charge in [-0.1, -0.05) is 15.9 Å². The smallest absolute Gasteiger partial charge is 0.241 e. The standard InChI is InChI=1S/C12H10BrFN2O3S/c13-7-3-8(14)5-10(4-7)19-11-2-1-9(15)6-12(11)20(16,17)18/h1-6H,15H2,(H2,16,17,18). The maximum atomic E-state index is 13.3. The third kappa shape index (κ3) is 3.47. The maximum absolute atomic E-state index is 13.3. The second kappa shape index (κ2) is 5.39. The number of rotatable bonds is 3. The van der Waals surface area contributed by atoms with E-state index in [2.05, 4.69) is 15.9 Å². The van der Waals surface area contributed by atoms with E-state index in [0.717, 1.165) is 6.07 Å². The van der Waals surface area contributed by atoms with E-state index < -0.39 is 15.8 Å². The fourth-order valence-corrected chi connectivity index (χ4v) is 2.68. The molecule has 0 atom stereocenters. The lowest BCUT2D eigenvalue weighted by Gasteiger charge is -2.11. The predicted octanol–water partition coefficient (Wildman–Crippen LogP) is 2.61. The predicted molar refractivity (Wildman–Crippen MR) is 76.4 cm³/mol. The first-order valence-electron chi connectivity index (χ1n) is 5.32. The van der Waals surface area contributed by atoms with Crippen molar-refractivity contribution in [3.05, 3.63) is 46.7 Å². The molecule has 0 saturated heterocycles. The molecule has 5 nitrogen and oxygen atoms in total. The topological polar surface area (TPSA) is 95.4 Å². The highest BCUT2D eigenvalue weighted by Gasteiger charge is 2.16. The van der Waals surface area contributed by atoms with E-state index in [1.165, 1.54) is 30.3 Å². The lowest BCUT2D eigenvalue weighted by Crippen LogP contribution is -2.13. The average molecular weight is 361 g/mol. The zero-order valence-corrected chi connectivity index (χ0v) is 12.4. The molecule has 0 bridgehead atoms. The van der Waals surface area contributed by atoms with Crippen LogP contribution in [0.2, 0.25) is 0 Å². The summed E-state index contributed by atoms with van der Waals surface area (Å²) in [5, 5.41) is 5.09. The highest BCUT2D eigenvalue weighted by molar-refractivity contribution is 9.10. The van der Waals surface area contributed by atoms with Crippen LogP contribution in [0.3, 0.4) is 0 Å². The molecule has 2 aromatic carbocycles. The Labute approximate surface area is 123 Å². The van der Waals surface area contributed by atoms with E-state index >= 15 is 0 Å². The van der Waals surface area contributed by atoms with E-state index in [1.54, 1.807) is 0 Å². The summed E-state index contributed by atoms with van der Waals surface area (Å²) < 4.78 is 42.1. The van der Waals surface area contributed by atoms with Crippen molar-refractivity contribution in [1.82, 2.24) is 0 Å². The Morgan fingerprint density at radius 2 is 1.85 bits per heavy atom. The lowest BCUT2D eigenvalue weighted by molar-refractivity contribution is 0.462. The number of nitrogen functional groups attached to an aromatic ring is 1. The molecule has 20 heavy (non-hydrogen) atoms. The summed E-state index contributed by atoms with van der Waals surface area (Å²) in [5.41, 5.74) is 5.75. The van der Waals surface area contributed by atoms with Gasteiger partial charge >= 0.3 is 0 Å². The summed E-state index contributed by atoms with van der Waals surface area (Å²) in [7, 11) is -4.01. The summed E-state index contributed by atoms with van der Waals surface area (Å²) in [6.07, 6.45) is 0. The SMILES string of the molecule is Nc1ccc(Oc2cc(F)cc(Br)c2)c(S(N)(=O)=O)c1. The molecule has 0 aromatic heterocycles. The Bertz CT molecular complexity index is 745. The van der Waals surface area contributed by atoms with Gasteiger partial charge in [0.25, 0.3) is 0 Å². The van der Waals surface area contributed by atoms with Crippen LogP contribution in [0, 0.1) is 5.82 Å². The highest BCUT2D eigenvalue weighted by Crippen LogP contribution is 2.31.